The number of imidazole rings is 1. The molecule has 18 nitrogen and oxygen atoms in total. The molecule has 10 heterocycles. The molecule has 0 amide bonds. The summed E-state index contributed by atoms with van der Waals surface area (Å²) in [7, 11) is 0. The number of fused-ring (bicyclic) bond motifs is 5. The van der Waals surface area contributed by atoms with Gasteiger partial charge in [0, 0.05) is 87.0 Å². The van der Waals surface area contributed by atoms with Crippen molar-refractivity contribution in [3.63, 3.8) is 0 Å². The SMILES string of the molecule is CC.CC.CC.CC.CC.CC.CC.CC.CC.CC.CC.CC.CC(C)(C)n1cncn1.CC1CSCN1.Cc1ccc(-c2cnoc2)cc1.Cc1ccc(-n2cn[nH]c2=O)cc1.Cc1ccc2ccccc2c1.Cc1ccc2cccnc2c1.Cc1cccc2ccccc12.Cc1cccc2cccnc12.Cc1ccno1.Cc1cnc2ccccc2c1.Cc1cnc[nH]1.Cc1cscn1. The first-order valence-corrected chi connectivity index (χ1v) is 51.1. The van der Waals surface area contributed by atoms with Crippen molar-refractivity contribution in [3.8, 4) is 16.8 Å². The van der Waals surface area contributed by atoms with Crippen molar-refractivity contribution in [2.45, 2.75) is 275 Å². The summed E-state index contributed by atoms with van der Waals surface area (Å²) in [4.78, 5) is 38.4. The molecule has 137 heavy (non-hydrogen) atoms. The lowest BCUT2D eigenvalue weighted by Crippen LogP contribution is -2.21. The average Bonchev–Trinajstić information content (AvgIpc) is 1.84. The monoisotopic (exact) mass is 1900 g/mol. The van der Waals surface area contributed by atoms with Crippen molar-refractivity contribution < 1.29 is 9.05 Å². The van der Waals surface area contributed by atoms with Gasteiger partial charge in [0.15, 0.2) is 0 Å². The Balaban J connectivity index is -0.000000456. The molecule has 19 rings (SSSR count). The van der Waals surface area contributed by atoms with Crippen molar-refractivity contribution in [1.82, 2.24) is 75.1 Å². The highest BCUT2D eigenvalue weighted by Crippen LogP contribution is 2.21. The van der Waals surface area contributed by atoms with Crippen molar-refractivity contribution in [1.29, 1.82) is 0 Å². The van der Waals surface area contributed by atoms with Crippen LogP contribution < -0.4 is 11.0 Å². The second-order valence-corrected chi connectivity index (χ2v) is 29.2. The number of aromatic nitrogens is 14. The van der Waals surface area contributed by atoms with Crippen LogP contribution >= 0.6 is 23.1 Å². The normalized spacial score (nSPS) is 9.96. The highest BCUT2D eigenvalue weighted by atomic mass is 32.2. The van der Waals surface area contributed by atoms with Crippen LogP contribution in [0.3, 0.4) is 0 Å². The zero-order valence-corrected chi connectivity index (χ0v) is 92.5. The summed E-state index contributed by atoms with van der Waals surface area (Å²) in [6.45, 7) is 76.8. The summed E-state index contributed by atoms with van der Waals surface area (Å²) >= 11 is 3.60. The number of rotatable bonds is 2. The highest BCUT2D eigenvalue weighted by Gasteiger charge is 2.12. The van der Waals surface area contributed by atoms with Crippen LogP contribution in [-0.4, -0.2) is 87.4 Å². The molecule has 9 aromatic heterocycles. The number of hydrogen-bond acceptors (Lipinski definition) is 16. The van der Waals surface area contributed by atoms with E-state index in [9.17, 15) is 4.79 Å². The second kappa shape index (κ2) is 88.6. The lowest BCUT2D eigenvalue weighted by atomic mass is 10.1. The van der Waals surface area contributed by atoms with E-state index >= 15 is 0 Å². The number of nitrogens with zero attached hydrogens (tertiary/aromatic N) is 12. The number of thioether (sulfide) groups is 1. The Labute approximate surface area is 835 Å². The molecular weight excluding hydrogens is 1730 g/mol. The average molecular weight is 1900 g/mol. The molecule has 3 N–H and O–H groups in total. The van der Waals surface area contributed by atoms with E-state index in [1.54, 1.807) is 61.2 Å². The first-order chi connectivity index (χ1) is 66.6. The third-order valence-electron chi connectivity index (χ3n) is 16.7. The Morgan fingerprint density at radius 2 is 0.942 bits per heavy atom. The molecule has 0 saturated carbocycles. The van der Waals surface area contributed by atoms with E-state index in [1.165, 1.54) is 93.3 Å². The van der Waals surface area contributed by atoms with Gasteiger partial charge in [-0.3, -0.25) is 19.9 Å². The van der Waals surface area contributed by atoms with Crippen molar-refractivity contribution >= 4 is 77.4 Å². The van der Waals surface area contributed by atoms with Gasteiger partial charge in [0.1, 0.15) is 31.0 Å². The predicted molar refractivity (Wildman–Crippen MR) is 605 cm³/mol. The third kappa shape index (κ3) is 59.1. The van der Waals surface area contributed by atoms with Gasteiger partial charge < -0.3 is 19.3 Å². The molecule has 0 bridgehead atoms. The molecule has 0 radical (unpaired) electrons. The van der Waals surface area contributed by atoms with Crippen LogP contribution in [0.25, 0.3) is 71.1 Å². The summed E-state index contributed by atoms with van der Waals surface area (Å²) < 4.78 is 12.6. The van der Waals surface area contributed by atoms with Gasteiger partial charge in [-0.05, 0) is 189 Å². The van der Waals surface area contributed by atoms with Gasteiger partial charge in [0.25, 0.3) is 0 Å². The Morgan fingerprint density at radius 3 is 1.39 bits per heavy atom. The number of para-hydroxylation sites is 2. The molecule has 0 aliphatic carbocycles. The molecule has 9 aromatic carbocycles. The largest absolute Gasteiger partial charge is 0.364 e. The maximum atomic E-state index is 11.1. The van der Waals surface area contributed by atoms with Gasteiger partial charge in [-0.25, -0.2) is 29.1 Å². The molecule has 1 aliphatic rings. The van der Waals surface area contributed by atoms with Crippen LogP contribution in [0.4, 0.5) is 0 Å². The summed E-state index contributed by atoms with van der Waals surface area (Å²) in [5.74, 6) is 3.30. The Morgan fingerprint density at radius 1 is 0.423 bits per heavy atom. The van der Waals surface area contributed by atoms with Gasteiger partial charge in [-0.2, -0.15) is 10.2 Å². The standard InChI is InChI=1S/2C11H10.C10H9NO.3C10H9N.C9H9N3O.C6H11N3.C4H6N2.C4H5NO.C4H9NS.C4H5NS.12C2H6/c1-9-5-4-7-10-6-2-3-8-11(9)10;1-9-6-7-10-4-2-3-5-11(10)8-9;1-8-2-4-9(5-3-8)10-6-11-12-7-10;1-8-4-2-5-9-6-3-7-11-10(8)9;1-8-4-5-9-3-2-6-11-10(9)7-8;1-8-6-9-4-2-3-5-10(9)11-7-8;1-7-2-4-8(5-3-7)12-6-10-11-9(12)13;1-6(2,3)9-5-7-4-8-9;1-4-2-5-3-6-4;1-4-2-3-5-6-4;2*1-4-2-6-3-5-4;12*1-2/h2*2-8H,1H3;2-7H,1H3;3*2-7H,1H3;2-6H,1H3,(H,11,13);4-5H,1-3H3;2-3H,1H3,(H,5,6);2-3H,1H3;4-5H,2-3H2,1H3;2-3H,1H3;12*1-2H3. The Hall–Kier alpha value is -12.6. The van der Waals surface area contributed by atoms with E-state index in [4.69, 9.17) is 4.52 Å². The van der Waals surface area contributed by atoms with Gasteiger partial charge in [-0.15, -0.1) is 23.1 Å². The maximum absolute atomic E-state index is 11.1. The number of aryl methyl sites for hydroxylation is 10. The molecule has 746 valence electrons. The maximum Gasteiger partial charge on any atom is 0.347 e. The second-order valence-electron chi connectivity index (χ2n) is 27.5. The van der Waals surface area contributed by atoms with E-state index in [1.807, 2.05) is 294 Å². The van der Waals surface area contributed by atoms with Gasteiger partial charge in [-0.1, -0.05) is 375 Å². The van der Waals surface area contributed by atoms with E-state index < -0.39 is 0 Å². The molecule has 1 unspecified atom stereocenters. The molecule has 1 atom stereocenters. The lowest BCUT2D eigenvalue weighted by Gasteiger charge is -2.17. The van der Waals surface area contributed by atoms with E-state index in [-0.39, 0.29) is 11.2 Å². The molecule has 0 spiro atoms. The van der Waals surface area contributed by atoms with Crippen LogP contribution in [0.1, 0.15) is 250 Å². The van der Waals surface area contributed by atoms with Gasteiger partial charge in [0.2, 0.25) is 0 Å². The molecule has 1 fully saturated rings. The van der Waals surface area contributed by atoms with Crippen LogP contribution in [0, 0.1) is 69.2 Å². The number of nitrogens with one attached hydrogen (secondary N) is 3. The molecular formula is C117H173N15O3S2. The molecule has 1 aliphatic heterocycles. The van der Waals surface area contributed by atoms with E-state index in [0.29, 0.717) is 0 Å². The third-order valence-corrected chi connectivity index (χ3v) is 18.5. The predicted octanol–water partition coefficient (Wildman–Crippen LogP) is 34.6. The number of H-pyrrole nitrogens is 2. The quantitative estimate of drug-likeness (QED) is 0.146. The first-order valence-electron chi connectivity index (χ1n) is 49.0. The van der Waals surface area contributed by atoms with Crippen molar-refractivity contribution in [3.05, 3.63) is 377 Å². The molecule has 1 saturated heterocycles. The molecule has 18 aromatic rings. The lowest BCUT2D eigenvalue weighted by molar-refractivity contribution is 0.354. The summed E-state index contributed by atoms with van der Waals surface area (Å²) in [5, 5.41) is 31.3. The molecule has 20 heteroatoms. The summed E-state index contributed by atoms with van der Waals surface area (Å²) in [6.07, 6.45) is 18.7. The minimum atomic E-state index is -0.219. The highest BCUT2D eigenvalue weighted by molar-refractivity contribution is 7.99. The number of pyridine rings is 3. The topological polar surface area (TPSA) is 226 Å². The Bertz CT molecular complexity index is 5330. The first kappa shape index (κ1) is 133. The Kier molecular flexibility index (Phi) is 86.0. The minimum absolute atomic E-state index is 0.0660. The van der Waals surface area contributed by atoms with Crippen LogP contribution in [-0.2, 0) is 5.54 Å². The fraction of sp³-hybridized carbons (Fsp3) is 0.359. The van der Waals surface area contributed by atoms with Gasteiger partial charge in [0.05, 0.1) is 52.0 Å². The van der Waals surface area contributed by atoms with Crippen LogP contribution in [0.2, 0.25) is 0 Å². The van der Waals surface area contributed by atoms with Crippen LogP contribution in [0.15, 0.2) is 324 Å². The number of thiazole rings is 1. The summed E-state index contributed by atoms with van der Waals surface area (Å²) in [5.41, 5.74) is 18.9. The zero-order chi connectivity index (χ0) is 105. The zero-order valence-electron chi connectivity index (χ0n) is 90.8. The number of benzene rings is 9. The van der Waals surface area contributed by atoms with Crippen molar-refractivity contribution in [2.75, 3.05) is 11.6 Å². The van der Waals surface area contributed by atoms with E-state index in [0.717, 1.165) is 62.4 Å². The van der Waals surface area contributed by atoms with Crippen molar-refractivity contribution in [2.24, 2.45) is 0 Å². The fourth-order valence-corrected chi connectivity index (χ4v) is 12.0. The van der Waals surface area contributed by atoms with Crippen LogP contribution in [0.5, 0.6) is 0 Å². The summed E-state index contributed by atoms with van der Waals surface area (Å²) in [6, 6.07) is 79.1. The van der Waals surface area contributed by atoms with Gasteiger partial charge >= 0.3 is 5.69 Å². The fourth-order valence-electron chi connectivity index (χ4n) is 10.5. The van der Waals surface area contributed by atoms with E-state index in [2.05, 4.69) is 309 Å². The number of aromatic amines is 2. The smallest absolute Gasteiger partial charge is 0.347 e. The minimum Gasteiger partial charge on any atom is -0.364 e. The number of hydrogen-bond donors (Lipinski definition) is 3.